The fourth-order valence-corrected chi connectivity index (χ4v) is 8.34. The number of nitrogens with one attached hydrogen (secondary N) is 2. The van der Waals surface area contributed by atoms with E-state index in [-0.39, 0.29) is 29.9 Å². The Kier molecular flexibility index (Phi) is 10.4. The molecule has 3 saturated carbocycles. The first-order valence-corrected chi connectivity index (χ1v) is 17.1. The molecule has 6 rings (SSSR count). The minimum absolute atomic E-state index is 0.0583. The van der Waals surface area contributed by atoms with Crippen molar-refractivity contribution in [2.75, 3.05) is 26.2 Å². The molecular weight excluding hydrogens is 564 g/mol. The van der Waals surface area contributed by atoms with Gasteiger partial charge < -0.3 is 20.6 Å². The second-order valence-corrected chi connectivity index (χ2v) is 14.3. The van der Waals surface area contributed by atoms with Crippen LogP contribution in [-0.4, -0.2) is 77.4 Å². The Labute approximate surface area is 269 Å². The summed E-state index contributed by atoms with van der Waals surface area (Å²) in [5.74, 6) is 1.22. The molecule has 2 aromatic carbocycles. The van der Waals surface area contributed by atoms with Crippen LogP contribution in [0.4, 0.5) is 0 Å². The van der Waals surface area contributed by atoms with Crippen molar-refractivity contribution in [3.8, 4) is 11.1 Å². The zero-order valence-corrected chi connectivity index (χ0v) is 28.3. The summed E-state index contributed by atoms with van der Waals surface area (Å²) in [5.41, 5.74) is 3.91. The number of hydroxylamine groups is 2. The number of hydrogen-bond acceptors (Lipinski definition) is 6. The average Bonchev–Trinajstić information content (AvgIpc) is 3.35. The molecule has 3 aliphatic carbocycles. The van der Waals surface area contributed by atoms with Crippen LogP contribution in [0.25, 0.3) is 11.1 Å². The van der Waals surface area contributed by atoms with Gasteiger partial charge in [0, 0.05) is 30.6 Å². The van der Waals surface area contributed by atoms with Crippen LogP contribution in [0, 0.1) is 29.1 Å². The molecule has 45 heavy (non-hydrogen) atoms. The molecule has 4 aliphatic rings. The number of likely N-dealkylation sites (N-methyl/N-ethyl adjacent to an activating group) is 1. The molecule has 3 N–H and O–H groups in total. The number of benzene rings is 2. The molecule has 0 spiro atoms. The molecule has 1 aliphatic heterocycles. The van der Waals surface area contributed by atoms with Crippen LogP contribution in [0.3, 0.4) is 0 Å². The van der Waals surface area contributed by atoms with Gasteiger partial charge in [-0.2, -0.15) is 5.06 Å². The largest absolute Gasteiger partial charge is 0.393 e. The van der Waals surface area contributed by atoms with Gasteiger partial charge in [0.25, 0.3) is 5.91 Å². The van der Waals surface area contributed by atoms with Crippen LogP contribution in [0.1, 0.15) is 77.2 Å². The lowest BCUT2D eigenvalue weighted by atomic mass is 9.45. The third-order valence-electron chi connectivity index (χ3n) is 11.4. The van der Waals surface area contributed by atoms with Crippen LogP contribution < -0.4 is 10.6 Å². The van der Waals surface area contributed by atoms with E-state index in [1.807, 2.05) is 49.4 Å². The number of aliphatic hydroxyl groups excluding tert-OH is 1. The van der Waals surface area contributed by atoms with Gasteiger partial charge in [-0.05, 0) is 97.8 Å². The molecule has 2 aromatic rings. The van der Waals surface area contributed by atoms with Crippen molar-refractivity contribution >= 4 is 11.8 Å². The van der Waals surface area contributed by atoms with E-state index in [1.54, 1.807) is 12.0 Å². The maximum absolute atomic E-state index is 14.0. The number of fused-ring (bicyclic) bond motifs is 2. The molecule has 8 atom stereocenters. The summed E-state index contributed by atoms with van der Waals surface area (Å²) in [4.78, 5) is 35.4. The predicted octanol–water partition coefficient (Wildman–Crippen LogP) is 5.11. The van der Waals surface area contributed by atoms with Gasteiger partial charge in [-0.1, -0.05) is 65.0 Å². The second-order valence-electron chi connectivity index (χ2n) is 14.3. The topological polar surface area (TPSA) is 94.1 Å². The SMILES string of the molecule is CCN(CC)CCNC(=O)c1cccc(-c2cccc(CN3O[C@@H](C)[C@@H]([C@H](C)O)[C@H]3C(=O)N[C@H]3C[C@H]4C[C@@H]([C@@H]3C)C4(C)C)c2)c1. The van der Waals surface area contributed by atoms with Gasteiger partial charge in [-0.25, -0.2) is 0 Å². The highest BCUT2D eigenvalue weighted by Crippen LogP contribution is 2.61. The number of carbonyl (C=O) groups is 2. The zero-order valence-electron chi connectivity index (χ0n) is 28.3. The normalized spacial score (nSPS) is 29.7. The van der Waals surface area contributed by atoms with Crippen molar-refractivity contribution in [1.29, 1.82) is 0 Å². The highest BCUT2D eigenvalue weighted by Gasteiger charge is 2.57. The van der Waals surface area contributed by atoms with Gasteiger partial charge in [0.1, 0.15) is 6.04 Å². The molecular formula is C37H54N4O4. The Morgan fingerprint density at radius 1 is 1.07 bits per heavy atom. The lowest BCUT2D eigenvalue weighted by Crippen LogP contribution is -2.62. The molecule has 4 fully saturated rings. The molecule has 2 bridgehead atoms. The molecule has 8 heteroatoms. The Morgan fingerprint density at radius 2 is 1.76 bits per heavy atom. The smallest absolute Gasteiger partial charge is 0.251 e. The lowest BCUT2D eigenvalue weighted by Gasteiger charge is -2.62. The number of nitrogens with zero attached hydrogens (tertiary/aromatic N) is 2. The van der Waals surface area contributed by atoms with Crippen molar-refractivity contribution in [3.63, 3.8) is 0 Å². The van der Waals surface area contributed by atoms with Crippen molar-refractivity contribution in [3.05, 3.63) is 59.7 Å². The molecule has 1 heterocycles. The molecule has 0 radical (unpaired) electrons. The Hall–Kier alpha value is -2.78. The summed E-state index contributed by atoms with van der Waals surface area (Å²) in [7, 11) is 0. The van der Waals surface area contributed by atoms with Gasteiger partial charge in [0.2, 0.25) is 5.91 Å². The number of rotatable bonds is 12. The number of carbonyl (C=O) groups excluding carboxylic acids is 2. The minimum atomic E-state index is -0.691. The summed E-state index contributed by atoms with van der Waals surface area (Å²) >= 11 is 0. The van der Waals surface area contributed by atoms with E-state index in [0.29, 0.717) is 41.8 Å². The van der Waals surface area contributed by atoms with E-state index < -0.39 is 12.1 Å². The van der Waals surface area contributed by atoms with Crippen molar-refractivity contribution in [2.45, 2.75) is 92.1 Å². The molecule has 246 valence electrons. The summed E-state index contributed by atoms with van der Waals surface area (Å²) < 4.78 is 0. The first-order chi connectivity index (χ1) is 21.4. The van der Waals surface area contributed by atoms with E-state index in [1.165, 1.54) is 6.42 Å². The maximum atomic E-state index is 14.0. The first-order valence-electron chi connectivity index (χ1n) is 17.1. The molecule has 1 saturated heterocycles. The van der Waals surface area contributed by atoms with E-state index >= 15 is 0 Å². The van der Waals surface area contributed by atoms with Crippen LogP contribution in [0.15, 0.2) is 48.5 Å². The van der Waals surface area contributed by atoms with E-state index in [2.05, 4.69) is 56.2 Å². The molecule has 2 amide bonds. The number of amides is 2. The van der Waals surface area contributed by atoms with Gasteiger partial charge in [-0.3, -0.25) is 14.4 Å². The maximum Gasteiger partial charge on any atom is 0.251 e. The summed E-state index contributed by atoms with van der Waals surface area (Å²) in [6.45, 7) is 18.7. The van der Waals surface area contributed by atoms with Crippen LogP contribution in [-0.2, 0) is 16.2 Å². The van der Waals surface area contributed by atoms with Gasteiger partial charge in [0.15, 0.2) is 0 Å². The van der Waals surface area contributed by atoms with Gasteiger partial charge in [0.05, 0.1) is 18.8 Å². The lowest BCUT2D eigenvalue weighted by molar-refractivity contribution is -0.174. The second kappa shape index (κ2) is 13.9. The molecule has 0 unspecified atom stereocenters. The first kappa shape index (κ1) is 33.6. The van der Waals surface area contributed by atoms with Crippen LogP contribution in [0.5, 0.6) is 0 Å². The Morgan fingerprint density at radius 3 is 2.40 bits per heavy atom. The average molecular weight is 619 g/mol. The van der Waals surface area contributed by atoms with Crippen molar-refractivity contribution in [1.82, 2.24) is 20.6 Å². The van der Waals surface area contributed by atoms with Gasteiger partial charge >= 0.3 is 0 Å². The number of aliphatic hydroxyl groups is 1. The Bertz CT molecular complexity index is 1340. The predicted molar refractivity (Wildman–Crippen MR) is 178 cm³/mol. The van der Waals surface area contributed by atoms with Gasteiger partial charge in [-0.15, -0.1) is 0 Å². The minimum Gasteiger partial charge on any atom is -0.393 e. The van der Waals surface area contributed by atoms with Crippen LogP contribution in [0.2, 0.25) is 0 Å². The van der Waals surface area contributed by atoms with E-state index in [4.69, 9.17) is 4.84 Å². The highest BCUT2D eigenvalue weighted by atomic mass is 16.7. The summed E-state index contributed by atoms with van der Waals surface area (Å²) in [5, 5.41) is 19.0. The third-order valence-corrected chi connectivity index (χ3v) is 11.4. The highest BCUT2D eigenvalue weighted by molar-refractivity contribution is 5.95. The van der Waals surface area contributed by atoms with E-state index in [0.717, 1.165) is 42.7 Å². The Balaban J connectivity index is 1.28. The fraction of sp³-hybridized carbons (Fsp3) is 0.622. The molecule has 0 aromatic heterocycles. The zero-order chi connectivity index (χ0) is 32.5. The quantitative estimate of drug-likeness (QED) is 0.306. The fourth-order valence-electron chi connectivity index (χ4n) is 8.34. The summed E-state index contributed by atoms with van der Waals surface area (Å²) in [6, 6.07) is 15.4. The standard InChI is InChI=1S/C37H54N4O4/c1-8-40(9-2)17-16-38-35(43)29-15-11-14-28(19-29)27-13-10-12-26(18-27)22-41-34(33(24(4)42)25(5)45-41)36(44)39-32-21-30-20-31(23(32)3)37(30,6)7/h10-15,18-19,23-25,30-34,42H,8-9,16-17,20-22H2,1-7H3,(H,38,43)(H,39,44)/t23-,24-,25-,30+,31-,32-,33+,34-/m0/s1. The van der Waals surface area contributed by atoms with Crippen LogP contribution >= 0.6 is 0 Å². The summed E-state index contributed by atoms with van der Waals surface area (Å²) in [6.07, 6.45) is 1.28. The van der Waals surface area contributed by atoms with Crippen molar-refractivity contribution < 1.29 is 19.5 Å². The van der Waals surface area contributed by atoms with Crippen molar-refractivity contribution in [2.24, 2.45) is 29.1 Å². The molecule has 8 nitrogen and oxygen atoms in total. The third kappa shape index (κ3) is 6.99. The number of hydrogen-bond donors (Lipinski definition) is 3. The monoisotopic (exact) mass is 618 g/mol. The van der Waals surface area contributed by atoms with E-state index in [9.17, 15) is 14.7 Å².